The van der Waals surface area contributed by atoms with Gasteiger partial charge in [-0.2, -0.15) is 0 Å². The van der Waals surface area contributed by atoms with Gasteiger partial charge in [-0.05, 0) is 25.2 Å². The Kier molecular flexibility index (Phi) is 16.6. The first-order valence-corrected chi connectivity index (χ1v) is 17.6. The van der Waals surface area contributed by atoms with Gasteiger partial charge >= 0.3 is 0 Å². The Morgan fingerprint density at radius 2 is 1.85 bits per heavy atom. The maximum atomic E-state index is 12.8. The van der Waals surface area contributed by atoms with Crippen LogP contribution in [0.1, 0.15) is 85.5 Å². The molecule has 0 aliphatic carbocycles. The van der Waals surface area contributed by atoms with Gasteiger partial charge in [-0.1, -0.05) is 76.8 Å². The molecule has 0 spiro atoms. The monoisotopic (exact) mass is 625 g/mol. The van der Waals surface area contributed by atoms with E-state index in [2.05, 4.69) is 47.0 Å². The predicted octanol–water partition coefficient (Wildman–Crippen LogP) is 4.50. The summed E-state index contributed by atoms with van der Waals surface area (Å²) in [4.78, 5) is 54.8. The minimum Gasteiger partial charge on any atom is -0.369 e. The number of rotatable bonds is 10. The molecule has 3 atom stereocenters. The molecule has 3 aliphatic rings. The van der Waals surface area contributed by atoms with Crippen molar-refractivity contribution in [1.82, 2.24) is 21.3 Å². The third-order valence-electron chi connectivity index (χ3n) is 6.27. The summed E-state index contributed by atoms with van der Waals surface area (Å²) in [6.45, 7) is 8.41. The lowest BCUT2D eigenvalue weighted by molar-refractivity contribution is -0.129. The first kappa shape index (κ1) is 35.3. The Balaban J connectivity index is 0.00000187. The van der Waals surface area contributed by atoms with Gasteiger partial charge < -0.3 is 21.3 Å². The third-order valence-corrected chi connectivity index (χ3v) is 9.51. The second-order valence-corrected chi connectivity index (χ2v) is 13.6. The van der Waals surface area contributed by atoms with Crippen LogP contribution in [0.15, 0.2) is 28.2 Å². The highest BCUT2D eigenvalue weighted by atomic mass is 32.2. The van der Waals surface area contributed by atoms with Gasteiger partial charge in [0.25, 0.3) is 0 Å². The Labute approximate surface area is 258 Å². The average Bonchev–Trinajstić information content (AvgIpc) is 3.57. The number of nitrogens with one attached hydrogen (secondary N) is 4. The fourth-order valence-electron chi connectivity index (χ4n) is 4.06. The van der Waals surface area contributed by atoms with Gasteiger partial charge in [0, 0.05) is 24.5 Å². The van der Waals surface area contributed by atoms with Crippen molar-refractivity contribution in [2.75, 3.05) is 24.6 Å². The van der Waals surface area contributed by atoms with Crippen LogP contribution in [0.4, 0.5) is 0 Å². The van der Waals surface area contributed by atoms with Crippen LogP contribution in [-0.2, 0) is 19.2 Å². The third kappa shape index (κ3) is 13.3. The number of unbranched alkanes of at least 4 members (excludes halogenated alkanes) is 4. The highest BCUT2D eigenvalue weighted by Gasteiger charge is 2.40. The lowest BCUT2D eigenvalue weighted by Crippen LogP contribution is -2.49. The molecule has 4 bridgehead atoms. The van der Waals surface area contributed by atoms with Gasteiger partial charge in [-0.15, -0.1) is 23.5 Å². The number of carbonyl (C=O) groups excluding carboxylic acids is 4. The molecule has 0 aromatic carbocycles. The summed E-state index contributed by atoms with van der Waals surface area (Å²) in [7, 11) is 0. The van der Waals surface area contributed by atoms with Crippen LogP contribution in [0, 0.1) is 0 Å². The number of hydrogen-bond acceptors (Lipinski definition) is 9. The molecule has 0 radical (unpaired) electrons. The van der Waals surface area contributed by atoms with E-state index >= 15 is 0 Å². The molecule has 4 N–H and O–H groups in total. The van der Waals surface area contributed by atoms with Crippen molar-refractivity contribution in [3.05, 3.63) is 23.3 Å². The van der Waals surface area contributed by atoms with Crippen molar-refractivity contribution in [1.29, 1.82) is 0 Å². The number of hydrogen-bond donors (Lipinski definition) is 4. The van der Waals surface area contributed by atoms with Crippen LogP contribution in [0.25, 0.3) is 0 Å². The molecule has 0 saturated heterocycles. The summed E-state index contributed by atoms with van der Waals surface area (Å²) in [6.07, 6.45) is 11.9. The number of thioether (sulfide) groups is 3. The lowest BCUT2D eigenvalue weighted by Gasteiger charge is -2.20. The molecule has 3 unspecified atom stereocenters. The summed E-state index contributed by atoms with van der Waals surface area (Å²) in [5.41, 5.74) is -0.0879. The van der Waals surface area contributed by atoms with E-state index in [1.807, 2.05) is 11.5 Å². The lowest BCUT2D eigenvalue weighted by atomic mass is 10.1. The molecular formula is C29H47N5O4S3. The van der Waals surface area contributed by atoms with Gasteiger partial charge in [-0.25, -0.2) is 0 Å². The van der Waals surface area contributed by atoms with Crippen LogP contribution in [0.5, 0.6) is 0 Å². The summed E-state index contributed by atoms with van der Waals surface area (Å²) in [6, 6.07) is -0.522. The van der Waals surface area contributed by atoms with E-state index in [4.69, 9.17) is 0 Å². The highest BCUT2D eigenvalue weighted by Crippen LogP contribution is 2.34. The van der Waals surface area contributed by atoms with Crippen LogP contribution in [-0.4, -0.2) is 69.4 Å². The van der Waals surface area contributed by atoms with E-state index in [0.717, 1.165) is 23.6 Å². The topological polar surface area (TPSA) is 129 Å². The average molecular weight is 626 g/mol. The Bertz CT molecular complexity index is 987. The summed E-state index contributed by atoms with van der Waals surface area (Å²) >= 11 is 4.40. The van der Waals surface area contributed by atoms with E-state index in [-0.39, 0.29) is 41.2 Å². The first-order valence-electron chi connectivity index (χ1n) is 14.7. The Morgan fingerprint density at radius 3 is 2.61 bits per heavy atom. The van der Waals surface area contributed by atoms with Crippen molar-refractivity contribution >= 4 is 63.2 Å². The highest BCUT2D eigenvalue weighted by molar-refractivity contribution is 8.15. The zero-order valence-electron chi connectivity index (χ0n) is 24.9. The van der Waals surface area contributed by atoms with E-state index in [0.29, 0.717) is 30.9 Å². The van der Waals surface area contributed by atoms with Gasteiger partial charge in [0.05, 0.1) is 30.1 Å². The van der Waals surface area contributed by atoms with E-state index in [1.54, 1.807) is 24.8 Å². The zero-order chi connectivity index (χ0) is 30.1. The van der Waals surface area contributed by atoms with Crippen LogP contribution in [0.3, 0.4) is 0 Å². The Hall–Kier alpha value is -1.92. The van der Waals surface area contributed by atoms with E-state index < -0.39 is 11.6 Å². The number of carbonyl (C=O) groups is 4. The molecule has 0 saturated carbocycles. The predicted molar refractivity (Wildman–Crippen MR) is 174 cm³/mol. The van der Waals surface area contributed by atoms with Crippen molar-refractivity contribution in [3.63, 3.8) is 0 Å². The van der Waals surface area contributed by atoms with Gasteiger partial charge in [0.2, 0.25) is 17.7 Å². The summed E-state index contributed by atoms with van der Waals surface area (Å²) < 4.78 is 0. The number of allylic oxidation sites excluding steroid dienone is 1. The number of fused-ring (bicyclic) bond motifs is 4. The molecular weight excluding hydrogens is 579 g/mol. The smallest absolute Gasteiger partial charge is 0.248 e. The molecule has 0 fully saturated rings. The van der Waals surface area contributed by atoms with Crippen LogP contribution < -0.4 is 21.3 Å². The fourth-order valence-corrected chi connectivity index (χ4v) is 6.91. The van der Waals surface area contributed by atoms with Gasteiger partial charge in [0.15, 0.2) is 5.12 Å². The molecule has 230 valence electrons. The minimum absolute atomic E-state index is 0.0318. The minimum atomic E-state index is -0.944. The standard InChI is InChI=1S/C26H39N5O4S3.C3H8/c1-3-4-5-6-7-11-23(34)36-12-9-8-10-18-13-20(32)27-15-22-30-19(16-37-22)24-31-26(2,17-38-24)25(35)28-14-21(33)29-18;1-3-2/h8,10,16,18,22,30H,3-7,9,11-15,17H2,1-2H3,(H,27,32)(H,28,35)(H,29,33);3H2,1-2H3/b10-8+;. The van der Waals surface area contributed by atoms with Gasteiger partial charge in [0.1, 0.15) is 10.6 Å². The molecule has 3 amide bonds. The van der Waals surface area contributed by atoms with E-state index in [1.165, 1.54) is 49.2 Å². The zero-order valence-corrected chi connectivity index (χ0v) is 27.3. The van der Waals surface area contributed by atoms with Crippen molar-refractivity contribution < 1.29 is 19.2 Å². The quantitative estimate of drug-likeness (QED) is 0.206. The largest absolute Gasteiger partial charge is 0.369 e. The second kappa shape index (κ2) is 19.3. The number of nitrogens with zero attached hydrogens (tertiary/aromatic N) is 1. The fraction of sp³-hybridized carbons (Fsp3) is 0.690. The molecule has 0 aromatic rings. The van der Waals surface area contributed by atoms with Crippen molar-refractivity contribution in [3.8, 4) is 0 Å². The molecule has 12 heteroatoms. The normalized spacial score (nSPS) is 24.8. The number of aliphatic imine (C=N–C) groups is 1. The molecule has 3 rings (SSSR count). The Morgan fingerprint density at radius 1 is 1.10 bits per heavy atom. The van der Waals surface area contributed by atoms with Gasteiger partial charge in [-0.3, -0.25) is 24.2 Å². The van der Waals surface area contributed by atoms with Crippen LogP contribution in [0.2, 0.25) is 0 Å². The molecule has 9 nitrogen and oxygen atoms in total. The van der Waals surface area contributed by atoms with Crippen molar-refractivity contribution in [2.24, 2.45) is 4.99 Å². The van der Waals surface area contributed by atoms with Crippen LogP contribution >= 0.6 is 35.3 Å². The molecule has 0 aromatic heterocycles. The van der Waals surface area contributed by atoms with Crippen molar-refractivity contribution in [2.45, 2.75) is 102 Å². The first-order chi connectivity index (χ1) is 19.7. The maximum Gasteiger partial charge on any atom is 0.248 e. The van der Waals surface area contributed by atoms with E-state index in [9.17, 15) is 19.2 Å². The summed E-state index contributed by atoms with van der Waals surface area (Å²) in [5.74, 6) is 0.290. The molecule has 41 heavy (non-hydrogen) atoms. The molecule has 3 heterocycles. The molecule has 3 aliphatic heterocycles. The SMILES string of the molecule is CCC.CCCCCCCC(=O)SCC/C=C/C1CC(=O)NCC2NC(=CS2)C2=NC(C)(CS2)C(=O)NCC(=O)N1. The summed E-state index contributed by atoms with van der Waals surface area (Å²) in [5, 5.41) is 14.7. The number of amides is 3. The maximum absolute atomic E-state index is 12.8. The second-order valence-electron chi connectivity index (χ2n) is 10.5.